The monoisotopic (exact) mass is 284 g/mol. The van der Waals surface area contributed by atoms with Gasteiger partial charge in [0.1, 0.15) is 5.03 Å². The number of alkyl halides is 3. The third kappa shape index (κ3) is 4.05. The van der Waals surface area contributed by atoms with Gasteiger partial charge in [-0.1, -0.05) is 29.8 Å². The molecule has 0 saturated carbocycles. The molecule has 0 radical (unpaired) electrons. The molecule has 0 atom stereocenters. The van der Waals surface area contributed by atoms with Crippen molar-refractivity contribution in [3.05, 3.63) is 41.4 Å². The van der Waals surface area contributed by atoms with Crippen LogP contribution in [0.2, 0.25) is 0 Å². The zero-order chi connectivity index (χ0) is 13.1. The Morgan fingerprint density at radius 3 is 2.24 bits per heavy atom. The highest BCUT2D eigenvalue weighted by Gasteiger charge is 2.32. The zero-order valence-corrected chi connectivity index (χ0v) is 9.98. The number of hydrogen-bond donors (Lipinski definition) is 0. The molecule has 0 saturated heterocycles. The lowest BCUT2D eigenvalue weighted by atomic mass is 10.4. The molecule has 0 N–H and O–H groups in total. The summed E-state index contributed by atoms with van der Waals surface area (Å²) in [5.74, 6) is -0.782. The molecule has 1 rings (SSSR count). The van der Waals surface area contributed by atoms with Crippen LogP contribution >= 0.6 is 11.6 Å². The maximum absolute atomic E-state index is 12.0. The molecule has 0 unspecified atom stereocenters. The molecular weight excluding hydrogens is 277 g/mol. The van der Waals surface area contributed by atoms with Crippen molar-refractivity contribution >= 4 is 21.4 Å². The average molecular weight is 285 g/mol. The molecule has 2 nitrogen and oxygen atoms in total. The predicted molar refractivity (Wildman–Crippen MR) is 58.5 cm³/mol. The van der Waals surface area contributed by atoms with Crippen LogP contribution in [0.5, 0.6) is 0 Å². The number of hydrogen-bond acceptors (Lipinski definition) is 2. The first-order valence-corrected chi connectivity index (χ1v) is 6.47. The van der Waals surface area contributed by atoms with Crippen molar-refractivity contribution < 1.29 is 21.6 Å². The summed E-state index contributed by atoms with van der Waals surface area (Å²) in [7, 11) is -3.78. The highest BCUT2D eigenvalue weighted by molar-refractivity contribution is 7.91. The largest absolute Gasteiger partial charge is 0.426 e. The van der Waals surface area contributed by atoms with Crippen molar-refractivity contribution in [3.63, 3.8) is 0 Å². The normalized spacial score (nSPS) is 13.8. The van der Waals surface area contributed by atoms with E-state index in [1.165, 1.54) is 24.3 Å². The van der Waals surface area contributed by atoms with E-state index in [4.69, 9.17) is 11.6 Å². The van der Waals surface area contributed by atoms with Gasteiger partial charge in [-0.15, -0.1) is 0 Å². The van der Waals surface area contributed by atoms with Gasteiger partial charge in [0.15, 0.2) is 9.84 Å². The van der Waals surface area contributed by atoms with Crippen molar-refractivity contribution in [2.24, 2.45) is 0 Å². The van der Waals surface area contributed by atoms with Gasteiger partial charge in [0.2, 0.25) is 0 Å². The standard InChI is InChI=1S/C10H8ClF3O2S/c11-9(10(12,13)14)6-7-17(15,16)8-4-2-1-3-5-8/h1-6H,7H2/b9-6-. The molecule has 0 fully saturated rings. The summed E-state index contributed by atoms with van der Waals surface area (Å²) in [6.07, 6.45) is -4.27. The first kappa shape index (κ1) is 14.1. The molecular formula is C10H8ClF3O2S. The summed E-state index contributed by atoms with van der Waals surface area (Å²) >= 11 is 4.92. The minimum absolute atomic E-state index is 0.0390. The molecule has 0 aromatic heterocycles. The number of allylic oxidation sites excluding steroid dienone is 1. The molecule has 94 valence electrons. The van der Waals surface area contributed by atoms with E-state index in [9.17, 15) is 21.6 Å². The highest BCUT2D eigenvalue weighted by atomic mass is 35.5. The van der Waals surface area contributed by atoms with Crippen molar-refractivity contribution in [3.8, 4) is 0 Å². The van der Waals surface area contributed by atoms with E-state index in [0.717, 1.165) is 0 Å². The van der Waals surface area contributed by atoms with Gasteiger partial charge < -0.3 is 0 Å². The van der Waals surface area contributed by atoms with E-state index in [-0.39, 0.29) is 4.90 Å². The lowest BCUT2D eigenvalue weighted by Crippen LogP contribution is -2.10. The second kappa shape index (κ2) is 5.10. The predicted octanol–water partition coefficient (Wildman–Crippen LogP) is 3.15. The third-order valence-corrected chi connectivity index (χ3v) is 3.82. The number of sulfone groups is 1. The van der Waals surface area contributed by atoms with Crippen LogP contribution in [0.1, 0.15) is 0 Å². The van der Waals surface area contributed by atoms with E-state index in [1.807, 2.05) is 0 Å². The lowest BCUT2D eigenvalue weighted by Gasteiger charge is -2.05. The van der Waals surface area contributed by atoms with Gasteiger partial charge in [-0.2, -0.15) is 13.2 Å². The molecule has 0 bridgehead atoms. The van der Waals surface area contributed by atoms with Gasteiger partial charge >= 0.3 is 6.18 Å². The number of halogens is 4. The van der Waals surface area contributed by atoms with Gasteiger partial charge in [0.25, 0.3) is 0 Å². The Kier molecular flexibility index (Phi) is 4.21. The van der Waals surface area contributed by atoms with Crippen LogP contribution in [-0.4, -0.2) is 20.3 Å². The Bertz CT molecular complexity index is 506. The summed E-state index contributed by atoms with van der Waals surface area (Å²) in [5.41, 5.74) is 0. The van der Waals surface area contributed by atoms with E-state index >= 15 is 0 Å². The Labute approximate surface area is 102 Å². The Morgan fingerprint density at radius 2 is 1.76 bits per heavy atom. The molecule has 7 heteroatoms. The first-order chi connectivity index (χ1) is 7.73. The summed E-state index contributed by atoms with van der Waals surface area (Å²) < 4.78 is 59.3. The third-order valence-electron chi connectivity index (χ3n) is 1.86. The Morgan fingerprint density at radius 1 is 1.24 bits per heavy atom. The van der Waals surface area contributed by atoms with Gasteiger partial charge in [0.05, 0.1) is 10.6 Å². The van der Waals surface area contributed by atoms with Gasteiger partial charge in [-0.3, -0.25) is 0 Å². The van der Waals surface area contributed by atoms with Crippen LogP contribution in [0.15, 0.2) is 46.3 Å². The summed E-state index contributed by atoms with van der Waals surface area (Å²) in [6.45, 7) is 0. The molecule has 1 aromatic rings. The minimum Gasteiger partial charge on any atom is -0.223 e. The molecule has 0 heterocycles. The quantitative estimate of drug-likeness (QED) is 0.854. The van der Waals surface area contributed by atoms with Crippen molar-refractivity contribution in [1.82, 2.24) is 0 Å². The van der Waals surface area contributed by atoms with Crippen LogP contribution in [0.4, 0.5) is 13.2 Å². The van der Waals surface area contributed by atoms with Gasteiger partial charge in [0, 0.05) is 0 Å². The fourth-order valence-corrected chi connectivity index (χ4v) is 2.34. The van der Waals surface area contributed by atoms with Crippen molar-refractivity contribution in [1.29, 1.82) is 0 Å². The smallest absolute Gasteiger partial charge is 0.223 e. The second-order valence-electron chi connectivity index (χ2n) is 3.14. The molecule has 1 aromatic carbocycles. The van der Waals surface area contributed by atoms with Crippen LogP contribution < -0.4 is 0 Å². The van der Waals surface area contributed by atoms with Gasteiger partial charge in [-0.25, -0.2) is 8.42 Å². The summed E-state index contributed by atoms with van der Waals surface area (Å²) in [5, 5.41) is -1.43. The molecule has 0 aliphatic heterocycles. The molecule has 0 amide bonds. The van der Waals surface area contributed by atoms with E-state index in [1.54, 1.807) is 6.07 Å². The Balaban J connectivity index is 2.90. The summed E-state index contributed by atoms with van der Waals surface area (Å²) in [6, 6.07) is 7.21. The maximum atomic E-state index is 12.0. The van der Waals surface area contributed by atoms with Crippen LogP contribution in [0.25, 0.3) is 0 Å². The minimum atomic E-state index is -4.71. The summed E-state index contributed by atoms with van der Waals surface area (Å²) in [4.78, 5) is -0.0390. The topological polar surface area (TPSA) is 34.1 Å². The van der Waals surface area contributed by atoms with Crippen LogP contribution in [-0.2, 0) is 9.84 Å². The zero-order valence-electron chi connectivity index (χ0n) is 8.41. The average Bonchev–Trinajstić information content (AvgIpc) is 2.26. The highest BCUT2D eigenvalue weighted by Crippen LogP contribution is 2.28. The molecule has 0 aliphatic carbocycles. The Hall–Kier alpha value is -1.01. The maximum Gasteiger partial charge on any atom is 0.426 e. The van der Waals surface area contributed by atoms with Crippen molar-refractivity contribution in [2.45, 2.75) is 11.1 Å². The van der Waals surface area contributed by atoms with Crippen molar-refractivity contribution in [2.75, 3.05) is 5.75 Å². The number of rotatable bonds is 3. The SMILES string of the molecule is O=S(=O)(C/C=C(\Cl)C(F)(F)F)c1ccccc1. The molecule has 17 heavy (non-hydrogen) atoms. The molecule has 0 aliphatic rings. The lowest BCUT2D eigenvalue weighted by molar-refractivity contribution is -0.0846. The second-order valence-corrected chi connectivity index (χ2v) is 5.59. The van der Waals surface area contributed by atoms with Gasteiger partial charge in [-0.05, 0) is 18.2 Å². The molecule has 0 spiro atoms. The van der Waals surface area contributed by atoms with Crippen LogP contribution in [0.3, 0.4) is 0 Å². The first-order valence-electron chi connectivity index (χ1n) is 4.44. The van der Waals surface area contributed by atoms with E-state index in [0.29, 0.717) is 6.08 Å². The fraction of sp³-hybridized carbons (Fsp3) is 0.200. The van der Waals surface area contributed by atoms with E-state index < -0.39 is 26.8 Å². The van der Waals surface area contributed by atoms with Crippen LogP contribution in [0, 0.1) is 0 Å². The van der Waals surface area contributed by atoms with E-state index in [2.05, 4.69) is 0 Å². The fourth-order valence-electron chi connectivity index (χ4n) is 1.02. The number of benzene rings is 1.